The molecule has 0 aromatic carbocycles. The van der Waals surface area contributed by atoms with Gasteiger partial charge in [0, 0.05) is 25.6 Å². The highest BCUT2D eigenvalue weighted by molar-refractivity contribution is 5.78. The minimum atomic E-state index is -0.899. The van der Waals surface area contributed by atoms with Crippen LogP contribution in [0.4, 0.5) is 0 Å². The van der Waals surface area contributed by atoms with Crippen molar-refractivity contribution in [3.63, 3.8) is 0 Å². The Kier molecular flexibility index (Phi) is 6.07. The quantitative estimate of drug-likeness (QED) is 0.705. The fourth-order valence-electron chi connectivity index (χ4n) is 1.97. The molecule has 0 bridgehead atoms. The van der Waals surface area contributed by atoms with Crippen LogP contribution in [0.25, 0.3) is 0 Å². The van der Waals surface area contributed by atoms with E-state index in [4.69, 9.17) is 9.84 Å². The average Bonchev–Trinajstić information content (AvgIpc) is 2.28. The second kappa shape index (κ2) is 7.33. The molecule has 6 heteroatoms. The van der Waals surface area contributed by atoms with Gasteiger partial charge in [0.1, 0.15) is 0 Å². The van der Waals surface area contributed by atoms with E-state index in [0.29, 0.717) is 38.8 Å². The van der Waals surface area contributed by atoms with Gasteiger partial charge in [-0.1, -0.05) is 13.8 Å². The van der Waals surface area contributed by atoms with Gasteiger partial charge in [-0.15, -0.1) is 0 Å². The number of rotatable bonds is 6. The summed E-state index contributed by atoms with van der Waals surface area (Å²) in [5, 5.41) is 12.0. The summed E-state index contributed by atoms with van der Waals surface area (Å²) in [5.74, 6) is -0.902. The van der Waals surface area contributed by atoms with E-state index in [1.807, 2.05) is 13.8 Å². The summed E-state index contributed by atoms with van der Waals surface area (Å²) in [6.45, 7) is 5.94. The largest absolute Gasteiger partial charge is 0.481 e. The van der Waals surface area contributed by atoms with Crippen molar-refractivity contribution in [2.24, 2.45) is 0 Å². The summed E-state index contributed by atoms with van der Waals surface area (Å²) in [6, 6.07) is 0.0140. The third kappa shape index (κ3) is 5.01. The fraction of sp³-hybridized carbons (Fsp3) is 0.833. The summed E-state index contributed by atoms with van der Waals surface area (Å²) in [7, 11) is 0. The Morgan fingerprint density at radius 2 is 2.22 bits per heavy atom. The summed E-state index contributed by atoms with van der Waals surface area (Å²) < 4.78 is 5.23. The maximum absolute atomic E-state index is 12.0. The number of amides is 1. The van der Waals surface area contributed by atoms with Crippen LogP contribution >= 0.6 is 0 Å². The van der Waals surface area contributed by atoms with Crippen LogP contribution in [0.2, 0.25) is 0 Å². The molecule has 0 spiro atoms. The van der Waals surface area contributed by atoms with Crippen LogP contribution in [0.5, 0.6) is 0 Å². The van der Waals surface area contributed by atoms with Crippen molar-refractivity contribution in [3.05, 3.63) is 0 Å². The van der Waals surface area contributed by atoms with E-state index in [-0.39, 0.29) is 18.4 Å². The summed E-state index contributed by atoms with van der Waals surface area (Å²) in [4.78, 5) is 24.4. The first-order valence-electron chi connectivity index (χ1n) is 6.33. The zero-order chi connectivity index (χ0) is 13.5. The molecule has 1 aliphatic rings. The third-order valence-corrected chi connectivity index (χ3v) is 2.85. The first kappa shape index (κ1) is 14.9. The van der Waals surface area contributed by atoms with Crippen molar-refractivity contribution in [2.75, 3.05) is 26.3 Å². The van der Waals surface area contributed by atoms with Crippen LogP contribution in [0.3, 0.4) is 0 Å². The molecule has 0 saturated carbocycles. The van der Waals surface area contributed by atoms with Gasteiger partial charge in [-0.3, -0.25) is 9.59 Å². The van der Waals surface area contributed by atoms with Crippen molar-refractivity contribution in [2.45, 2.75) is 38.8 Å². The van der Waals surface area contributed by atoms with Gasteiger partial charge >= 0.3 is 5.97 Å². The lowest BCUT2D eigenvalue weighted by atomic mass is 10.1. The van der Waals surface area contributed by atoms with Crippen molar-refractivity contribution >= 4 is 11.9 Å². The van der Waals surface area contributed by atoms with Crippen LogP contribution in [0.1, 0.15) is 26.7 Å². The topological polar surface area (TPSA) is 78.9 Å². The molecular weight excluding hydrogens is 236 g/mol. The first-order chi connectivity index (χ1) is 8.50. The molecule has 1 atom stereocenters. The standard InChI is InChI=1S/C12H22N2O4/c1-9(2)13-4-3-11(15)14-5-6-18-8-10(14)7-12(16)17/h9-10,13H,3-8H2,1-2H3,(H,16,17). The Hall–Kier alpha value is -1.14. The Balaban J connectivity index is 2.44. The highest BCUT2D eigenvalue weighted by atomic mass is 16.5. The van der Waals surface area contributed by atoms with Crippen LogP contribution in [-0.2, 0) is 14.3 Å². The number of nitrogens with zero attached hydrogens (tertiary/aromatic N) is 1. The van der Waals surface area contributed by atoms with Crippen LogP contribution in [-0.4, -0.2) is 60.3 Å². The predicted octanol–water partition coefficient (Wildman–Crippen LogP) is 0.0766. The summed E-state index contributed by atoms with van der Waals surface area (Å²) >= 11 is 0. The fourth-order valence-corrected chi connectivity index (χ4v) is 1.97. The zero-order valence-corrected chi connectivity index (χ0v) is 11.0. The monoisotopic (exact) mass is 258 g/mol. The molecule has 104 valence electrons. The Morgan fingerprint density at radius 1 is 1.50 bits per heavy atom. The maximum Gasteiger partial charge on any atom is 0.305 e. The van der Waals surface area contributed by atoms with E-state index >= 15 is 0 Å². The molecule has 2 N–H and O–H groups in total. The van der Waals surface area contributed by atoms with E-state index in [0.717, 1.165) is 0 Å². The third-order valence-electron chi connectivity index (χ3n) is 2.85. The molecule has 1 fully saturated rings. The molecule has 0 aliphatic carbocycles. The van der Waals surface area contributed by atoms with Gasteiger partial charge in [-0.2, -0.15) is 0 Å². The Morgan fingerprint density at radius 3 is 2.83 bits per heavy atom. The van der Waals surface area contributed by atoms with E-state index in [1.54, 1.807) is 4.90 Å². The van der Waals surface area contributed by atoms with Crippen LogP contribution in [0.15, 0.2) is 0 Å². The molecule has 1 saturated heterocycles. The van der Waals surface area contributed by atoms with E-state index in [2.05, 4.69) is 5.32 Å². The maximum atomic E-state index is 12.0. The summed E-state index contributed by atoms with van der Waals surface area (Å²) in [6.07, 6.45) is 0.345. The van der Waals surface area contributed by atoms with Crippen LogP contribution in [0, 0.1) is 0 Å². The zero-order valence-electron chi connectivity index (χ0n) is 11.0. The number of hydrogen-bond donors (Lipinski definition) is 2. The van der Waals surface area contributed by atoms with Crippen molar-refractivity contribution in [1.29, 1.82) is 0 Å². The van der Waals surface area contributed by atoms with Crippen molar-refractivity contribution in [3.8, 4) is 0 Å². The molecule has 6 nitrogen and oxygen atoms in total. The second-order valence-corrected chi connectivity index (χ2v) is 4.77. The Labute approximate surface area is 107 Å². The van der Waals surface area contributed by atoms with Gasteiger partial charge < -0.3 is 20.1 Å². The van der Waals surface area contributed by atoms with Gasteiger partial charge in [0.05, 0.1) is 25.7 Å². The molecular formula is C12H22N2O4. The van der Waals surface area contributed by atoms with Gasteiger partial charge in [-0.05, 0) is 0 Å². The van der Waals surface area contributed by atoms with E-state index < -0.39 is 5.97 Å². The number of aliphatic carboxylic acids is 1. The van der Waals surface area contributed by atoms with Gasteiger partial charge in [0.2, 0.25) is 5.91 Å². The van der Waals surface area contributed by atoms with Gasteiger partial charge in [0.15, 0.2) is 0 Å². The number of carboxylic acids is 1. The van der Waals surface area contributed by atoms with Crippen molar-refractivity contribution in [1.82, 2.24) is 10.2 Å². The Bertz CT molecular complexity index is 294. The number of nitrogens with one attached hydrogen (secondary N) is 1. The average molecular weight is 258 g/mol. The first-order valence-corrected chi connectivity index (χ1v) is 6.33. The molecule has 18 heavy (non-hydrogen) atoms. The molecule has 0 radical (unpaired) electrons. The van der Waals surface area contributed by atoms with Crippen molar-refractivity contribution < 1.29 is 19.4 Å². The lowest BCUT2D eigenvalue weighted by Gasteiger charge is -2.35. The molecule has 1 rings (SSSR count). The predicted molar refractivity (Wildman–Crippen MR) is 66.3 cm³/mol. The van der Waals surface area contributed by atoms with Crippen LogP contribution < -0.4 is 5.32 Å². The molecule has 1 aliphatic heterocycles. The SMILES string of the molecule is CC(C)NCCC(=O)N1CCOCC1CC(=O)O. The van der Waals surface area contributed by atoms with Gasteiger partial charge in [-0.25, -0.2) is 0 Å². The number of ether oxygens (including phenoxy) is 1. The number of carboxylic acid groups (broad SMARTS) is 1. The molecule has 0 aromatic rings. The smallest absolute Gasteiger partial charge is 0.305 e. The molecule has 0 aromatic heterocycles. The normalized spacial score (nSPS) is 20.2. The van der Waals surface area contributed by atoms with E-state index in [1.165, 1.54) is 0 Å². The lowest BCUT2D eigenvalue weighted by molar-refractivity contribution is -0.146. The number of hydrogen-bond acceptors (Lipinski definition) is 4. The van der Waals surface area contributed by atoms with E-state index in [9.17, 15) is 9.59 Å². The summed E-state index contributed by atoms with van der Waals surface area (Å²) in [5.41, 5.74) is 0. The van der Waals surface area contributed by atoms with Gasteiger partial charge in [0.25, 0.3) is 0 Å². The minimum absolute atomic E-state index is 0.00213. The highest BCUT2D eigenvalue weighted by Gasteiger charge is 2.28. The lowest BCUT2D eigenvalue weighted by Crippen LogP contribution is -2.50. The molecule has 1 unspecified atom stereocenters. The molecule has 1 heterocycles. The minimum Gasteiger partial charge on any atom is -0.481 e. The second-order valence-electron chi connectivity index (χ2n) is 4.77. The number of carbonyl (C=O) groups is 2. The molecule has 1 amide bonds. The number of carbonyl (C=O) groups excluding carboxylic acids is 1. The highest BCUT2D eigenvalue weighted by Crippen LogP contribution is 2.12. The number of morpholine rings is 1.